The highest BCUT2D eigenvalue weighted by Crippen LogP contribution is 2.33. The van der Waals surface area contributed by atoms with E-state index < -0.39 is 11.7 Å². The molecule has 1 fully saturated rings. The summed E-state index contributed by atoms with van der Waals surface area (Å²) < 4.78 is 6.38. The Morgan fingerprint density at radius 3 is 2.85 bits per heavy atom. The first-order valence-corrected chi connectivity index (χ1v) is 10.2. The Morgan fingerprint density at radius 2 is 2.11 bits per heavy atom. The number of alkyl carbamates (subject to hydrolysis) is 1. The van der Waals surface area contributed by atoms with Crippen LogP contribution in [-0.4, -0.2) is 47.1 Å². The van der Waals surface area contributed by atoms with Crippen molar-refractivity contribution in [3.63, 3.8) is 0 Å². The maximum Gasteiger partial charge on any atom is 0.407 e. The molecule has 6 nitrogen and oxygen atoms in total. The lowest BCUT2D eigenvalue weighted by molar-refractivity contribution is -0.132. The molecule has 1 atom stereocenters. The van der Waals surface area contributed by atoms with Crippen molar-refractivity contribution in [3.8, 4) is 0 Å². The molecule has 0 saturated carbocycles. The maximum absolute atomic E-state index is 12.5. The van der Waals surface area contributed by atoms with Crippen LogP contribution in [0.5, 0.6) is 0 Å². The molecule has 3 rings (SSSR count). The first-order valence-electron chi connectivity index (χ1n) is 9.42. The first kappa shape index (κ1) is 19.6. The number of amides is 2. The Kier molecular flexibility index (Phi) is 5.99. The maximum atomic E-state index is 12.5. The third-order valence-electron chi connectivity index (χ3n) is 4.44. The van der Waals surface area contributed by atoms with E-state index in [1.807, 2.05) is 43.9 Å². The standard InChI is InChI=1S/C20H27N3O3S/c1-20(2,3)26-19(25)21-11-10-17(24)23-12-6-7-14(13-23)18-22-15-8-4-5-9-16(15)27-18/h4-5,8-9,14H,6-7,10-13H2,1-3H3,(H,21,25). The number of benzene rings is 1. The van der Waals surface area contributed by atoms with Crippen molar-refractivity contribution in [2.24, 2.45) is 0 Å². The lowest BCUT2D eigenvalue weighted by Gasteiger charge is -2.32. The van der Waals surface area contributed by atoms with Gasteiger partial charge in [-0.05, 0) is 45.7 Å². The highest BCUT2D eigenvalue weighted by Gasteiger charge is 2.27. The summed E-state index contributed by atoms with van der Waals surface area (Å²) in [6.45, 7) is 7.20. The number of thiazole rings is 1. The monoisotopic (exact) mass is 389 g/mol. The summed E-state index contributed by atoms with van der Waals surface area (Å²) in [5.41, 5.74) is 0.494. The Labute approximate surface area is 163 Å². The zero-order valence-corrected chi connectivity index (χ0v) is 17.0. The van der Waals surface area contributed by atoms with E-state index in [2.05, 4.69) is 11.4 Å². The van der Waals surface area contributed by atoms with E-state index >= 15 is 0 Å². The molecule has 2 amide bonds. The fourth-order valence-corrected chi connectivity index (χ4v) is 4.31. The third kappa shape index (κ3) is 5.42. The smallest absolute Gasteiger partial charge is 0.407 e. The minimum absolute atomic E-state index is 0.0665. The van der Waals surface area contributed by atoms with Crippen LogP contribution < -0.4 is 5.32 Å². The average Bonchev–Trinajstić information content (AvgIpc) is 3.04. The van der Waals surface area contributed by atoms with Crippen LogP contribution >= 0.6 is 11.3 Å². The van der Waals surface area contributed by atoms with Crippen LogP contribution in [0.3, 0.4) is 0 Å². The largest absolute Gasteiger partial charge is 0.444 e. The molecular formula is C20H27N3O3S. The van der Waals surface area contributed by atoms with Crippen LogP contribution in [0.2, 0.25) is 0 Å². The minimum atomic E-state index is -0.536. The van der Waals surface area contributed by atoms with Crippen LogP contribution in [0, 0.1) is 0 Å². The number of nitrogens with one attached hydrogen (secondary N) is 1. The van der Waals surface area contributed by atoms with Crippen molar-refractivity contribution in [2.75, 3.05) is 19.6 Å². The summed E-state index contributed by atoms with van der Waals surface area (Å²) in [6, 6.07) is 8.15. The van der Waals surface area contributed by atoms with Crippen LogP contribution in [0.4, 0.5) is 4.79 Å². The van der Waals surface area contributed by atoms with Crippen molar-refractivity contribution in [1.82, 2.24) is 15.2 Å². The Hall–Kier alpha value is -2.15. The second-order valence-corrected chi connectivity index (χ2v) is 8.94. The molecule has 1 aromatic carbocycles. The van der Waals surface area contributed by atoms with E-state index in [1.165, 1.54) is 4.70 Å². The van der Waals surface area contributed by atoms with E-state index in [4.69, 9.17) is 9.72 Å². The number of piperidine rings is 1. The third-order valence-corrected chi connectivity index (χ3v) is 5.64. The second-order valence-electron chi connectivity index (χ2n) is 7.88. The van der Waals surface area contributed by atoms with Gasteiger partial charge in [-0.3, -0.25) is 4.79 Å². The molecule has 1 aliphatic rings. The minimum Gasteiger partial charge on any atom is -0.444 e. The van der Waals surface area contributed by atoms with Gasteiger partial charge in [-0.15, -0.1) is 11.3 Å². The van der Waals surface area contributed by atoms with Gasteiger partial charge in [-0.2, -0.15) is 0 Å². The van der Waals surface area contributed by atoms with Gasteiger partial charge >= 0.3 is 6.09 Å². The molecule has 2 aromatic rings. The van der Waals surface area contributed by atoms with Crippen molar-refractivity contribution < 1.29 is 14.3 Å². The molecular weight excluding hydrogens is 362 g/mol. The molecule has 1 aliphatic heterocycles. The summed E-state index contributed by atoms with van der Waals surface area (Å²) in [5, 5.41) is 3.76. The lowest BCUT2D eigenvalue weighted by Crippen LogP contribution is -2.41. The molecule has 1 unspecified atom stereocenters. The van der Waals surface area contributed by atoms with Crippen molar-refractivity contribution in [1.29, 1.82) is 0 Å². The SMILES string of the molecule is CC(C)(C)OC(=O)NCCC(=O)N1CCCC(c2nc3ccccc3s2)C1. The summed E-state index contributed by atoms with van der Waals surface area (Å²) in [6.07, 6.45) is 1.83. The van der Waals surface area contributed by atoms with E-state index in [0.717, 1.165) is 29.9 Å². The number of hydrogen-bond donors (Lipinski definition) is 1. The van der Waals surface area contributed by atoms with Gasteiger partial charge in [-0.1, -0.05) is 12.1 Å². The van der Waals surface area contributed by atoms with Crippen molar-refractivity contribution in [2.45, 2.75) is 51.6 Å². The van der Waals surface area contributed by atoms with Gasteiger partial charge in [0.1, 0.15) is 5.60 Å². The number of rotatable bonds is 4. The fraction of sp³-hybridized carbons (Fsp3) is 0.550. The van der Waals surface area contributed by atoms with Crippen LogP contribution in [-0.2, 0) is 9.53 Å². The molecule has 0 bridgehead atoms. The number of carbonyl (C=O) groups excluding carboxylic acids is 2. The van der Waals surface area contributed by atoms with E-state index in [0.29, 0.717) is 12.5 Å². The average molecular weight is 390 g/mol. The lowest BCUT2D eigenvalue weighted by atomic mass is 9.98. The fourth-order valence-electron chi connectivity index (χ4n) is 3.21. The number of likely N-dealkylation sites (tertiary alicyclic amines) is 1. The molecule has 146 valence electrons. The predicted octanol–water partition coefficient (Wildman–Crippen LogP) is 3.92. The Bertz CT molecular complexity index is 779. The Morgan fingerprint density at radius 1 is 1.33 bits per heavy atom. The highest BCUT2D eigenvalue weighted by molar-refractivity contribution is 7.18. The summed E-state index contributed by atoms with van der Waals surface area (Å²) in [7, 11) is 0. The van der Waals surface area contributed by atoms with Crippen molar-refractivity contribution in [3.05, 3.63) is 29.3 Å². The molecule has 7 heteroatoms. The van der Waals surface area contributed by atoms with Gasteiger partial charge in [-0.25, -0.2) is 9.78 Å². The molecule has 1 aromatic heterocycles. The summed E-state index contributed by atoms with van der Waals surface area (Å²) in [5.74, 6) is 0.357. The number of nitrogens with zero attached hydrogens (tertiary/aromatic N) is 2. The second kappa shape index (κ2) is 8.25. The summed E-state index contributed by atoms with van der Waals surface area (Å²) >= 11 is 1.72. The molecule has 27 heavy (non-hydrogen) atoms. The number of fused-ring (bicyclic) bond motifs is 1. The van der Waals surface area contributed by atoms with Gasteiger partial charge in [0.2, 0.25) is 5.91 Å². The van der Waals surface area contributed by atoms with Crippen molar-refractivity contribution >= 4 is 33.6 Å². The molecule has 0 radical (unpaired) electrons. The van der Waals surface area contributed by atoms with E-state index in [9.17, 15) is 9.59 Å². The zero-order chi connectivity index (χ0) is 19.4. The van der Waals surface area contributed by atoms with Gasteiger partial charge in [0.25, 0.3) is 0 Å². The number of carbonyl (C=O) groups is 2. The quantitative estimate of drug-likeness (QED) is 0.860. The van der Waals surface area contributed by atoms with Crippen LogP contribution in [0.25, 0.3) is 10.2 Å². The number of hydrogen-bond acceptors (Lipinski definition) is 5. The van der Waals surface area contributed by atoms with E-state index in [1.54, 1.807) is 11.3 Å². The van der Waals surface area contributed by atoms with Crippen LogP contribution in [0.1, 0.15) is 51.0 Å². The van der Waals surface area contributed by atoms with Gasteiger partial charge in [0.15, 0.2) is 0 Å². The topological polar surface area (TPSA) is 71.5 Å². The Balaban J connectivity index is 1.51. The summed E-state index contributed by atoms with van der Waals surface area (Å²) in [4.78, 5) is 30.9. The van der Waals surface area contributed by atoms with Gasteiger partial charge in [0.05, 0.1) is 15.2 Å². The molecule has 0 aliphatic carbocycles. The van der Waals surface area contributed by atoms with Crippen LogP contribution in [0.15, 0.2) is 24.3 Å². The number of aromatic nitrogens is 1. The highest BCUT2D eigenvalue weighted by atomic mass is 32.1. The number of ether oxygens (including phenoxy) is 1. The first-order chi connectivity index (χ1) is 12.8. The predicted molar refractivity (Wildman–Crippen MR) is 107 cm³/mol. The van der Waals surface area contributed by atoms with Gasteiger partial charge in [0, 0.05) is 32.0 Å². The number of para-hydroxylation sites is 1. The molecule has 1 N–H and O–H groups in total. The molecule has 0 spiro atoms. The zero-order valence-electron chi connectivity index (χ0n) is 16.2. The molecule has 2 heterocycles. The normalized spacial score (nSPS) is 17.7. The molecule has 1 saturated heterocycles. The van der Waals surface area contributed by atoms with Gasteiger partial charge < -0.3 is 15.0 Å². The van der Waals surface area contributed by atoms with E-state index in [-0.39, 0.29) is 18.9 Å².